The van der Waals surface area contributed by atoms with E-state index in [0.717, 1.165) is 11.3 Å². The molecule has 19 heavy (non-hydrogen) atoms. The third-order valence-electron chi connectivity index (χ3n) is 3.21. The van der Waals surface area contributed by atoms with E-state index in [1.54, 1.807) is 23.7 Å². The first kappa shape index (κ1) is 13.7. The molecule has 0 spiro atoms. The summed E-state index contributed by atoms with van der Waals surface area (Å²) in [7, 11) is 1.75. The molecule has 102 valence electrons. The number of carbonyl (C=O) groups is 1. The van der Waals surface area contributed by atoms with Crippen LogP contribution in [0.2, 0.25) is 0 Å². The van der Waals surface area contributed by atoms with Crippen LogP contribution in [0.1, 0.15) is 17.9 Å². The second-order valence-electron chi connectivity index (χ2n) is 4.50. The summed E-state index contributed by atoms with van der Waals surface area (Å²) in [5.74, 6) is 0.925. The van der Waals surface area contributed by atoms with E-state index in [9.17, 15) is 4.79 Å². The van der Waals surface area contributed by atoms with Crippen molar-refractivity contribution in [2.75, 3.05) is 19.3 Å². The third-order valence-corrected chi connectivity index (χ3v) is 4.39. The summed E-state index contributed by atoms with van der Waals surface area (Å²) in [5.41, 5.74) is 6.51. The van der Waals surface area contributed by atoms with Crippen molar-refractivity contribution in [3.05, 3.63) is 29.8 Å². The molecule has 1 heterocycles. The molecule has 0 fully saturated rings. The lowest BCUT2D eigenvalue weighted by molar-refractivity contribution is -0.130. The zero-order chi connectivity index (χ0) is 13.8. The van der Waals surface area contributed by atoms with Crippen molar-refractivity contribution in [2.45, 2.75) is 17.2 Å². The van der Waals surface area contributed by atoms with Crippen LogP contribution < -0.4 is 5.73 Å². The van der Waals surface area contributed by atoms with E-state index in [2.05, 4.69) is 5.16 Å². The van der Waals surface area contributed by atoms with Gasteiger partial charge in [-0.3, -0.25) is 4.79 Å². The Morgan fingerprint density at radius 2 is 2.32 bits per heavy atom. The van der Waals surface area contributed by atoms with E-state index in [-0.39, 0.29) is 17.7 Å². The smallest absolute Gasteiger partial charge is 0.230 e. The number of nitrogens with two attached hydrogens (primary N) is 1. The van der Waals surface area contributed by atoms with Gasteiger partial charge in [-0.2, -0.15) is 0 Å². The number of likely N-dealkylation sites (N-methyl/N-ethyl adjacent to an activating group) is 1. The van der Waals surface area contributed by atoms with E-state index in [4.69, 9.17) is 10.9 Å². The second-order valence-corrected chi connectivity index (χ2v) is 5.56. The van der Waals surface area contributed by atoms with Gasteiger partial charge in [-0.1, -0.05) is 23.4 Å². The summed E-state index contributed by atoms with van der Waals surface area (Å²) >= 11 is 1.71. The van der Waals surface area contributed by atoms with Gasteiger partial charge in [0.2, 0.25) is 5.91 Å². The predicted octanol–water partition coefficient (Wildman–Crippen LogP) is 1.47. The number of carbonyl (C=O) groups excluding carboxylic acids is 1. The van der Waals surface area contributed by atoms with E-state index in [1.807, 2.05) is 24.3 Å². The van der Waals surface area contributed by atoms with Crippen molar-refractivity contribution in [2.24, 2.45) is 10.9 Å². The predicted molar refractivity (Wildman–Crippen MR) is 75.6 cm³/mol. The molecular weight excluding hydrogens is 262 g/mol. The van der Waals surface area contributed by atoms with E-state index in [0.29, 0.717) is 13.0 Å². The van der Waals surface area contributed by atoms with E-state index < -0.39 is 0 Å². The van der Waals surface area contributed by atoms with Gasteiger partial charge in [-0.15, -0.1) is 11.8 Å². The molecule has 0 aliphatic carbocycles. The Morgan fingerprint density at radius 3 is 3.05 bits per heavy atom. The van der Waals surface area contributed by atoms with Crippen LogP contribution in [0.3, 0.4) is 0 Å². The highest BCUT2D eigenvalue weighted by Crippen LogP contribution is 2.39. The van der Waals surface area contributed by atoms with E-state index in [1.165, 1.54) is 4.90 Å². The first-order valence-corrected chi connectivity index (χ1v) is 7.05. The van der Waals surface area contributed by atoms with Crippen LogP contribution in [-0.2, 0) is 4.79 Å². The summed E-state index contributed by atoms with van der Waals surface area (Å²) in [6.45, 7) is 0.456. The zero-order valence-corrected chi connectivity index (χ0v) is 11.6. The number of oxime groups is 1. The third kappa shape index (κ3) is 3.01. The Labute approximate surface area is 116 Å². The largest absolute Gasteiger partial charge is 0.409 e. The molecular formula is C13H17N3O2S. The van der Waals surface area contributed by atoms with Gasteiger partial charge in [0.05, 0.1) is 5.92 Å². The summed E-state index contributed by atoms with van der Waals surface area (Å²) in [4.78, 5) is 15.2. The Hall–Kier alpha value is -1.69. The first-order chi connectivity index (χ1) is 9.13. The molecule has 1 amide bonds. The van der Waals surface area contributed by atoms with Gasteiger partial charge in [0, 0.05) is 30.7 Å². The maximum absolute atomic E-state index is 12.4. The lowest BCUT2D eigenvalue weighted by Crippen LogP contribution is -2.34. The first-order valence-electron chi connectivity index (χ1n) is 6.06. The Kier molecular flexibility index (Phi) is 4.31. The summed E-state index contributed by atoms with van der Waals surface area (Å²) in [6.07, 6.45) is 0.375. The monoisotopic (exact) mass is 279 g/mol. The maximum Gasteiger partial charge on any atom is 0.230 e. The van der Waals surface area contributed by atoms with Crippen LogP contribution in [-0.4, -0.2) is 41.2 Å². The normalized spacial score (nSPS) is 18.2. The molecule has 0 saturated heterocycles. The van der Waals surface area contributed by atoms with Crippen LogP contribution in [0.25, 0.3) is 0 Å². The van der Waals surface area contributed by atoms with Crippen molar-refractivity contribution < 1.29 is 10.0 Å². The Bertz CT molecular complexity index is 504. The SMILES string of the molecule is CN(CCC(N)=NO)C(=O)C1CSc2ccccc21. The minimum atomic E-state index is -0.0847. The molecule has 6 heteroatoms. The zero-order valence-electron chi connectivity index (χ0n) is 10.7. The van der Waals surface area contributed by atoms with Gasteiger partial charge >= 0.3 is 0 Å². The highest BCUT2D eigenvalue weighted by atomic mass is 32.2. The molecule has 5 nitrogen and oxygen atoms in total. The lowest BCUT2D eigenvalue weighted by atomic mass is 10.00. The number of rotatable bonds is 4. The number of hydrogen-bond donors (Lipinski definition) is 2. The summed E-state index contributed by atoms with van der Waals surface area (Å²) < 4.78 is 0. The number of benzene rings is 1. The topological polar surface area (TPSA) is 78.9 Å². The number of thioether (sulfide) groups is 1. The Morgan fingerprint density at radius 1 is 1.58 bits per heavy atom. The fourth-order valence-electron chi connectivity index (χ4n) is 2.08. The van der Waals surface area contributed by atoms with Crippen molar-refractivity contribution in [3.8, 4) is 0 Å². The highest BCUT2D eigenvalue weighted by molar-refractivity contribution is 7.99. The number of fused-ring (bicyclic) bond motifs is 1. The van der Waals surface area contributed by atoms with Crippen LogP contribution in [0.4, 0.5) is 0 Å². The lowest BCUT2D eigenvalue weighted by Gasteiger charge is -2.21. The quantitative estimate of drug-likeness (QED) is 0.378. The average Bonchev–Trinajstić information content (AvgIpc) is 2.87. The number of amidine groups is 1. The molecule has 0 bridgehead atoms. The fourth-order valence-corrected chi connectivity index (χ4v) is 3.30. The molecule has 1 aliphatic heterocycles. The van der Waals surface area contributed by atoms with Gasteiger partial charge in [-0.05, 0) is 11.6 Å². The van der Waals surface area contributed by atoms with Gasteiger partial charge in [0.25, 0.3) is 0 Å². The number of amides is 1. The average molecular weight is 279 g/mol. The minimum absolute atomic E-state index is 0.0847. The molecule has 0 aromatic heterocycles. The molecule has 0 radical (unpaired) electrons. The van der Waals surface area contributed by atoms with Gasteiger partial charge < -0.3 is 15.8 Å². The minimum Gasteiger partial charge on any atom is -0.409 e. The van der Waals surface area contributed by atoms with Gasteiger partial charge in [0.1, 0.15) is 5.84 Å². The molecule has 2 rings (SSSR count). The molecule has 3 N–H and O–H groups in total. The van der Waals surface area contributed by atoms with Crippen molar-refractivity contribution >= 4 is 23.5 Å². The molecule has 0 saturated carbocycles. The summed E-state index contributed by atoms with van der Waals surface area (Å²) in [5, 5.41) is 11.4. The number of hydrogen-bond acceptors (Lipinski definition) is 4. The van der Waals surface area contributed by atoms with E-state index >= 15 is 0 Å². The molecule has 1 unspecified atom stereocenters. The maximum atomic E-state index is 12.4. The van der Waals surface area contributed by atoms with Crippen LogP contribution in [0.5, 0.6) is 0 Å². The molecule has 1 atom stereocenters. The number of nitrogens with zero attached hydrogens (tertiary/aromatic N) is 2. The van der Waals surface area contributed by atoms with Gasteiger partial charge in [0.15, 0.2) is 0 Å². The molecule has 1 aromatic carbocycles. The molecule has 1 aromatic rings. The van der Waals surface area contributed by atoms with Gasteiger partial charge in [-0.25, -0.2) is 0 Å². The second kappa shape index (κ2) is 5.97. The fraction of sp³-hybridized carbons (Fsp3) is 0.385. The van der Waals surface area contributed by atoms with Crippen molar-refractivity contribution in [1.82, 2.24) is 4.90 Å². The highest BCUT2D eigenvalue weighted by Gasteiger charge is 2.30. The van der Waals surface area contributed by atoms with Crippen molar-refractivity contribution in [3.63, 3.8) is 0 Å². The summed E-state index contributed by atoms with van der Waals surface area (Å²) in [6, 6.07) is 8.00. The van der Waals surface area contributed by atoms with Crippen LogP contribution in [0.15, 0.2) is 34.3 Å². The van der Waals surface area contributed by atoms with Crippen LogP contribution >= 0.6 is 11.8 Å². The standard InChI is InChI=1S/C13H17N3O2S/c1-16(7-6-12(14)15-18)13(17)10-8-19-11-5-3-2-4-9(10)11/h2-5,10,18H,6-8H2,1H3,(H2,14,15). The van der Waals surface area contributed by atoms with Crippen molar-refractivity contribution in [1.29, 1.82) is 0 Å². The Balaban J connectivity index is 2.01. The van der Waals surface area contributed by atoms with Crippen LogP contribution in [0, 0.1) is 0 Å². The molecule has 1 aliphatic rings.